The Morgan fingerprint density at radius 1 is 1.00 bits per heavy atom. The van der Waals surface area contributed by atoms with Gasteiger partial charge in [0.25, 0.3) is 5.78 Å². The molecule has 0 aromatic carbocycles. The third-order valence-electron chi connectivity index (χ3n) is 1.83. The fourth-order valence-corrected chi connectivity index (χ4v) is 1.16. The monoisotopic (exact) mass is 256 g/mol. The topological polar surface area (TPSA) is 43.1 Å². The molecule has 4 nitrogen and oxygen atoms in total. The van der Waals surface area contributed by atoms with Gasteiger partial charge in [0.2, 0.25) is 0 Å². The van der Waals surface area contributed by atoms with E-state index in [1.54, 1.807) is 0 Å². The van der Waals surface area contributed by atoms with E-state index in [2.05, 4.69) is 15.1 Å². The molecule has 0 atom stereocenters. The number of nitrogens with zero attached hydrogens (tertiary/aromatic N) is 4. The second kappa shape index (κ2) is 3.31. The summed E-state index contributed by atoms with van der Waals surface area (Å²) in [5, 5.41) is 3.16. The Labute approximate surface area is 88.9 Å². The van der Waals surface area contributed by atoms with E-state index in [9.17, 15) is 26.3 Å². The third kappa shape index (κ3) is 2.01. The third-order valence-corrected chi connectivity index (χ3v) is 1.83. The maximum Gasteiger partial charge on any atom is 0.433 e. The number of hydrogen-bond acceptors (Lipinski definition) is 3. The lowest BCUT2D eigenvalue weighted by atomic mass is 10.3. The molecule has 0 aliphatic heterocycles. The molecule has 10 heteroatoms. The van der Waals surface area contributed by atoms with E-state index >= 15 is 0 Å². The van der Waals surface area contributed by atoms with Crippen LogP contribution in [0, 0.1) is 0 Å². The predicted molar refractivity (Wildman–Crippen MR) is 40.8 cm³/mol. The van der Waals surface area contributed by atoms with Crippen LogP contribution in [0.1, 0.15) is 11.4 Å². The van der Waals surface area contributed by atoms with Crippen molar-refractivity contribution >= 4 is 5.78 Å². The molecule has 0 aliphatic rings. The molecule has 0 fully saturated rings. The van der Waals surface area contributed by atoms with E-state index in [1.807, 2.05) is 0 Å². The zero-order valence-electron chi connectivity index (χ0n) is 7.71. The minimum atomic E-state index is -4.98. The molecule has 2 aromatic rings. The van der Waals surface area contributed by atoms with Crippen molar-refractivity contribution in [3.8, 4) is 0 Å². The summed E-state index contributed by atoms with van der Waals surface area (Å²) in [6, 6.07) is -0.109. The van der Waals surface area contributed by atoms with Crippen molar-refractivity contribution < 1.29 is 26.3 Å². The Morgan fingerprint density at radius 2 is 1.65 bits per heavy atom. The van der Waals surface area contributed by atoms with Crippen molar-refractivity contribution in [2.24, 2.45) is 0 Å². The van der Waals surface area contributed by atoms with Crippen LogP contribution in [0.5, 0.6) is 0 Å². The van der Waals surface area contributed by atoms with E-state index in [0.29, 0.717) is 6.33 Å². The van der Waals surface area contributed by atoms with Crippen LogP contribution in [0.3, 0.4) is 0 Å². The van der Waals surface area contributed by atoms with Crippen LogP contribution in [0.4, 0.5) is 26.3 Å². The number of halogens is 6. The largest absolute Gasteiger partial charge is 0.433 e. The molecule has 2 rings (SSSR count). The van der Waals surface area contributed by atoms with Gasteiger partial charge in [0, 0.05) is 0 Å². The average Bonchev–Trinajstić information content (AvgIpc) is 2.59. The average molecular weight is 256 g/mol. The van der Waals surface area contributed by atoms with Crippen molar-refractivity contribution in [3.05, 3.63) is 23.8 Å². The van der Waals surface area contributed by atoms with Crippen molar-refractivity contribution in [2.45, 2.75) is 12.4 Å². The summed E-state index contributed by atoms with van der Waals surface area (Å²) in [7, 11) is 0. The zero-order chi connectivity index (χ0) is 12.8. The van der Waals surface area contributed by atoms with Gasteiger partial charge in [-0.2, -0.15) is 40.9 Å². The quantitative estimate of drug-likeness (QED) is 0.678. The van der Waals surface area contributed by atoms with E-state index < -0.39 is 29.5 Å². The fraction of sp³-hybridized carbons (Fsp3) is 0.286. The molecule has 2 heterocycles. The summed E-state index contributed by atoms with van der Waals surface area (Å²) in [4.78, 5) is 6.15. The lowest BCUT2D eigenvalue weighted by Gasteiger charge is -2.11. The number of alkyl halides is 6. The first kappa shape index (κ1) is 11.6. The molecular weight excluding hydrogens is 254 g/mol. The van der Waals surface area contributed by atoms with E-state index in [1.165, 1.54) is 0 Å². The van der Waals surface area contributed by atoms with Gasteiger partial charge in [-0.05, 0) is 6.07 Å². The molecule has 0 amide bonds. The van der Waals surface area contributed by atoms with E-state index in [-0.39, 0.29) is 10.6 Å². The number of aromatic nitrogens is 4. The SMILES string of the molecule is FC(F)(F)c1cc(C(F)(F)F)n2ncnc2n1. The van der Waals surface area contributed by atoms with Crippen LogP contribution < -0.4 is 0 Å². The molecule has 0 aliphatic carbocycles. The molecule has 0 saturated heterocycles. The van der Waals surface area contributed by atoms with Crippen LogP contribution in [0.25, 0.3) is 5.78 Å². The number of fused-ring (bicyclic) bond motifs is 1. The molecule has 0 unspecified atom stereocenters. The van der Waals surface area contributed by atoms with E-state index in [4.69, 9.17) is 0 Å². The van der Waals surface area contributed by atoms with E-state index in [0.717, 1.165) is 0 Å². The molecule has 2 aromatic heterocycles. The first-order valence-electron chi connectivity index (χ1n) is 4.05. The molecule has 0 spiro atoms. The van der Waals surface area contributed by atoms with Crippen molar-refractivity contribution in [1.82, 2.24) is 19.6 Å². The van der Waals surface area contributed by atoms with Crippen LogP contribution in [0.15, 0.2) is 12.4 Å². The van der Waals surface area contributed by atoms with Gasteiger partial charge in [0.1, 0.15) is 6.33 Å². The maximum absolute atomic E-state index is 12.5. The Kier molecular flexibility index (Phi) is 2.26. The lowest BCUT2D eigenvalue weighted by Crippen LogP contribution is -2.18. The normalized spacial score (nSPS) is 13.3. The Morgan fingerprint density at radius 3 is 2.18 bits per heavy atom. The van der Waals surface area contributed by atoms with Gasteiger partial charge in [0.05, 0.1) is 0 Å². The molecule has 0 bridgehead atoms. The van der Waals surface area contributed by atoms with Gasteiger partial charge >= 0.3 is 12.4 Å². The number of rotatable bonds is 0. The Balaban J connectivity index is 2.76. The van der Waals surface area contributed by atoms with Crippen molar-refractivity contribution in [1.29, 1.82) is 0 Å². The van der Waals surface area contributed by atoms with Gasteiger partial charge in [-0.1, -0.05) is 0 Å². The highest BCUT2D eigenvalue weighted by Crippen LogP contribution is 2.34. The van der Waals surface area contributed by atoms with Crippen LogP contribution in [0.2, 0.25) is 0 Å². The maximum atomic E-state index is 12.5. The van der Waals surface area contributed by atoms with Crippen molar-refractivity contribution in [3.63, 3.8) is 0 Å². The smallest absolute Gasteiger partial charge is 0.206 e. The molecule has 0 saturated carbocycles. The Bertz CT molecular complexity index is 553. The summed E-state index contributed by atoms with van der Waals surface area (Å²) < 4.78 is 74.6. The van der Waals surface area contributed by atoms with Gasteiger partial charge in [-0.15, -0.1) is 0 Å². The standard InChI is InChI=1S/C7H2F6N4/c8-6(9,10)3-1-4(7(11,12)13)17-5(16-3)14-2-15-17/h1-2H. The molecule has 17 heavy (non-hydrogen) atoms. The van der Waals surface area contributed by atoms with Gasteiger partial charge in [-0.3, -0.25) is 0 Å². The highest BCUT2D eigenvalue weighted by molar-refractivity contribution is 5.32. The van der Waals surface area contributed by atoms with Gasteiger partial charge in [0.15, 0.2) is 11.4 Å². The molecule has 92 valence electrons. The Hall–Kier alpha value is -1.87. The van der Waals surface area contributed by atoms with Crippen molar-refractivity contribution in [2.75, 3.05) is 0 Å². The molecular formula is C7H2F6N4. The summed E-state index contributed by atoms with van der Waals surface area (Å²) in [5.74, 6) is -0.757. The first-order valence-corrected chi connectivity index (χ1v) is 4.05. The minimum absolute atomic E-state index is 0.109. The van der Waals surface area contributed by atoms with Crippen LogP contribution >= 0.6 is 0 Å². The lowest BCUT2D eigenvalue weighted by molar-refractivity contribution is -0.148. The molecule has 0 N–H and O–H groups in total. The van der Waals surface area contributed by atoms with Gasteiger partial charge in [-0.25, -0.2) is 4.98 Å². The highest BCUT2D eigenvalue weighted by atomic mass is 19.4. The van der Waals surface area contributed by atoms with Gasteiger partial charge < -0.3 is 0 Å². The van der Waals surface area contributed by atoms with Crippen LogP contribution in [-0.4, -0.2) is 19.6 Å². The first-order chi connectivity index (χ1) is 7.69. The second-order valence-corrected chi connectivity index (χ2v) is 2.99. The number of hydrogen-bond donors (Lipinski definition) is 0. The highest BCUT2D eigenvalue weighted by Gasteiger charge is 2.40. The summed E-state index contributed by atoms with van der Waals surface area (Å²) >= 11 is 0. The zero-order valence-corrected chi connectivity index (χ0v) is 7.71. The second-order valence-electron chi connectivity index (χ2n) is 2.99. The summed E-state index contributed by atoms with van der Waals surface area (Å²) in [5.41, 5.74) is -3.24. The fourth-order valence-electron chi connectivity index (χ4n) is 1.16. The minimum Gasteiger partial charge on any atom is -0.206 e. The summed E-state index contributed by atoms with van der Waals surface area (Å²) in [6.07, 6.45) is -9.26. The molecule has 0 radical (unpaired) electrons. The van der Waals surface area contributed by atoms with Crippen LogP contribution in [-0.2, 0) is 12.4 Å². The predicted octanol–water partition coefficient (Wildman–Crippen LogP) is 2.16. The summed E-state index contributed by atoms with van der Waals surface area (Å²) in [6.45, 7) is 0.